The average Bonchev–Trinajstić information content (AvgIpc) is 3.15. The molecule has 0 fully saturated rings. The van der Waals surface area contributed by atoms with Gasteiger partial charge in [0, 0.05) is 12.7 Å². The summed E-state index contributed by atoms with van der Waals surface area (Å²) >= 11 is 0. The molecule has 0 aliphatic carbocycles. The summed E-state index contributed by atoms with van der Waals surface area (Å²) in [5.74, 6) is 0.796. The molecule has 0 unspecified atom stereocenters. The van der Waals surface area contributed by atoms with Crippen molar-refractivity contribution in [2.75, 3.05) is 6.54 Å². The zero-order chi connectivity index (χ0) is 18.2. The number of aliphatic imine (C=N–C) groups is 1. The molecular weight excluding hydrogens is 322 g/mol. The topological polar surface area (TPSA) is 54.2 Å². The second-order valence-electron chi connectivity index (χ2n) is 6.06. The van der Waals surface area contributed by atoms with E-state index in [0.29, 0.717) is 13.1 Å². The summed E-state index contributed by atoms with van der Waals surface area (Å²) in [6.07, 6.45) is 1.98. The van der Waals surface area contributed by atoms with Gasteiger partial charge in [-0.05, 0) is 43.2 Å². The SMILES string of the molecule is CCNC(=NCc1ccccc1C)NCc1ccn(-c2ccccc2)n1. The van der Waals surface area contributed by atoms with E-state index in [0.717, 1.165) is 23.9 Å². The van der Waals surface area contributed by atoms with Crippen molar-refractivity contribution in [2.45, 2.75) is 26.9 Å². The number of guanidine groups is 1. The molecule has 5 nitrogen and oxygen atoms in total. The molecule has 5 heteroatoms. The first-order valence-corrected chi connectivity index (χ1v) is 8.93. The lowest BCUT2D eigenvalue weighted by Gasteiger charge is -2.11. The smallest absolute Gasteiger partial charge is 0.191 e. The van der Waals surface area contributed by atoms with Crippen LogP contribution in [0.25, 0.3) is 5.69 Å². The van der Waals surface area contributed by atoms with Crippen LogP contribution >= 0.6 is 0 Å². The Kier molecular flexibility index (Phi) is 6.04. The number of rotatable bonds is 6. The molecule has 0 bridgehead atoms. The lowest BCUT2D eigenvalue weighted by atomic mass is 10.1. The average molecular weight is 347 g/mol. The molecular formula is C21H25N5. The number of aryl methyl sites for hydroxylation is 1. The van der Waals surface area contributed by atoms with E-state index < -0.39 is 0 Å². The molecule has 0 radical (unpaired) electrons. The maximum atomic E-state index is 4.68. The Hall–Kier alpha value is -3.08. The monoisotopic (exact) mass is 347 g/mol. The number of para-hydroxylation sites is 1. The molecule has 0 amide bonds. The molecule has 0 spiro atoms. The van der Waals surface area contributed by atoms with Gasteiger partial charge in [-0.2, -0.15) is 5.10 Å². The van der Waals surface area contributed by atoms with Crippen LogP contribution in [0.4, 0.5) is 0 Å². The lowest BCUT2D eigenvalue weighted by Crippen LogP contribution is -2.36. The number of aromatic nitrogens is 2. The molecule has 0 saturated carbocycles. The number of hydrogen-bond acceptors (Lipinski definition) is 2. The standard InChI is InChI=1S/C21H25N5/c1-3-22-21(23-15-18-10-8-7-9-17(18)2)24-16-19-13-14-26(25-19)20-11-5-4-6-12-20/h4-14H,3,15-16H2,1-2H3,(H2,22,23,24). The van der Waals surface area contributed by atoms with Crippen molar-refractivity contribution in [3.63, 3.8) is 0 Å². The van der Waals surface area contributed by atoms with Gasteiger partial charge < -0.3 is 10.6 Å². The summed E-state index contributed by atoms with van der Waals surface area (Å²) in [7, 11) is 0. The maximum absolute atomic E-state index is 4.68. The van der Waals surface area contributed by atoms with Gasteiger partial charge in [-0.25, -0.2) is 9.67 Å². The molecule has 2 N–H and O–H groups in total. The highest BCUT2D eigenvalue weighted by Crippen LogP contribution is 2.08. The molecule has 1 aromatic heterocycles. The molecule has 3 aromatic rings. The number of nitrogens with zero attached hydrogens (tertiary/aromatic N) is 3. The van der Waals surface area contributed by atoms with Crippen molar-refractivity contribution in [3.05, 3.63) is 83.7 Å². The highest BCUT2D eigenvalue weighted by atomic mass is 15.3. The molecule has 0 saturated heterocycles. The Labute approximate surface area is 154 Å². The first kappa shape index (κ1) is 17.7. The molecule has 0 aliphatic rings. The van der Waals surface area contributed by atoms with Gasteiger partial charge in [0.25, 0.3) is 0 Å². The van der Waals surface area contributed by atoms with Gasteiger partial charge in [0.1, 0.15) is 0 Å². The second-order valence-corrected chi connectivity index (χ2v) is 6.06. The van der Waals surface area contributed by atoms with Crippen molar-refractivity contribution >= 4 is 5.96 Å². The summed E-state index contributed by atoms with van der Waals surface area (Å²) in [5.41, 5.74) is 4.51. The third-order valence-electron chi connectivity index (χ3n) is 4.11. The predicted molar refractivity (Wildman–Crippen MR) is 106 cm³/mol. The number of hydrogen-bond donors (Lipinski definition) is 2. The summed E-state index contributed by atoms with van der Waals surface area (Å²) in [6.45, 7) is 6.27. The largest absolute Gasteiger partial charge is 0.357 e. The van der Waals surface area contributed by atoms with E-state index in [1.54, 1.807) is 0 Å². The fourth-order valence-electron chi connectivity index (χ4n) is 2.65. The van der Waals surface area contributed by atoms with E-state index in [-0.39, 0.29) is 0 Å². The van der Waals surface area contributed by atoms with Gasteiger partial charge in [0.2, 0.25) is 0 Å². The fourth-order valence-corrected chi connectivity index (χ4v) is 2.65. The normalized spacial score (nSPS) is 11.4. The minimum Gasteiger partial charge on any atom is -0.357 e. The zero-order valence-corrected chi connectivity index (χ0v) is 15.3. The Balaban J connectivity index is 1.63. The van der Waals surface area contributed by atoms with E-state index >= 15 is 0 Å². The molecule has 3 rings (SSSR count). The van der Waals surface area contributed by atoms with Crippen molar-refractivity contribution < 1.29 is 0 Å². The Bertz CT molecular complexity index is 852. The van der Waals surface area contributed by atoms with E-state index in [1.165, 1.54) is 11.1 Å². The van der Waals surface area contributed by atoms with E-state index in [4.69, 9.17) is 0 Å². The van der Waals surface area contributed by atoms with Crippen LogP contribution < -0.4 is 10.6 Å². The minimum absolute atomic E-state index is 0.624. The van der Waals surface area contributed by atoms with Crippen LogP contribution in [0.5, 0.6) is 0 Å². The second kappa shape index (κ2) is 8.85. The summed E-state index contributed by atoms with van der Waals surface area (Å²) in [4.78, 5) is 4.68. The van der Waals surface area contributed by atoms with Crippen molar-refractivity contribution in [2.24, 2.45) is 4.99 Å². The van der Waals surface area contributed by atoms with Gasteiger partial charge in [-0.1, -0.05) is 42.5 Å². The van der Waals surface area contributed by atoms with Crippen LogP contribution in [0.15, 0.2) is 71.9 Å². The van der Waals surface area contributed by atoms with Crippen molar-refractivity contribution in [1.29, 1.82) is 0 Å². The predicted octanol–water partition coefficient (Wildman–Crippen LogP) is 3.44. The fraction of sp³-hybridized carbons (Fsp3) is 0.238. The molecule has 0 atom stereocenters. The molecule has 0 aliphatic heterocycles. The van der Waals surface area contributed by atoms with E-state index in [2.05, 4.69) is 58.8 Å². The summed E-state index contributed by atoms with van der Waals surface area (Å²) in [5, 5.41) is 11.3. The first-order chi connectivity index (χ1) is 12.8. The first-order valence-electron chi connectivity index (χ1n) is 8.93. The highest BCUT2D eigenvalue weighted by Gasteiger charge is 2.03. The Morgan fingerprint density at radius 1 is 1.00 bits per heavy atom. The van der Waals surface area contributed by atoms with E-state index in [1.807, 2.05) is 47.3 Å². The van der Waals surface area contributed by atoms with Crippen LogP contribution in [-0.2, 0) is 13.1 Å². The molecule has 26 heavy (non-hydrogen) atoms. The minimum atomic E-state index is 0.624. The van der Waals surface area contributed by atoms with Gasteiger partial charge in [0.15, 0.2) is 5.96 Å². The number of benzene rings is 2. The highest BCUT2D eigenvalue weighted by molar-refractivity contribution is 5.79. The third-order valence-corrected chi connectivity index (χ3v) is 4.11. The van der Waals surface area contributed by atoms with Crippen LogP contribution in [0.3, 0.4) is 0 Å². The Morgan fingerprint density at radius 2 is 1.77 bits per heavy atom. The van der Waals surface area contributed by atoms with Gasteiger partial charge in [-0.15, -0.1) is 0 Å². The van der Waals surface area contributed by atoms with Gasteiger partial charge >= 0.3 is 0 Å². The molecule has 134 valence electrons. The quantitative estimate of drug-likeness (QED) is 0.530. The zero-order valence-electron chi connectivity index (χ0n) is 15.3. The van der Waals surface area contributed by atoms with Gasteiger partial charge in [0.05, 0.1) is 24.5 Å². The van der Waals surface area contributed by atoms with Crippen molar-refractivity contribution in [1.82, 2.24) is 20.4 Å². The Morgan fingerprint density at radius 3 is 2.54 bits per heavy atom. The molecule has 1 heterocycles. The van der Waals surface area contributed by atoms with Crippen LogP contribution in [0.1, 0.15) is 23.7 Å². The molecule has 2 aromatic carbocycles. The maximum Gasteiger partial charge on any atom is 0.191 e. The lowest BCUT2D eigenvalue weighted by molar-refractivity contribution is 0.770. The van der Waals surface area contributed by atoms with Gasteiger partial charge in [-0.3, -0.25) is 0 Å². The van der Waals surface area contributed by atoms with Crippen LogP contribution in [0, 0.1) is 6.92 Å². The van der Waals surface area contributed by atoms with Crippen LogP contribution in [-0.4, -0.2) is 22.3 Å². The number of nitrogens with one attached hydrogen (secondary N) is 2. The summed E-state index contributed by atoms with van der Waals surface area (Å²) < 4.78 is 1.88. The van der Waals surface area contributed by atoms with Crippen molar-refractivity contribution in [3.8, 4) is 5.69 Å². The summed E-state index contributed by atoms with van der Waals surface area (Å²) in [6, 6.07) is 20.4. The third kappa shape index (κ3) is 4.72. The van der Waals surface area contributed by atoms with Crippen LogP contribution in [0.2, 0.25) is 0 Å². The van der Waals surface area contributed by atoms with E-state index in [9.17, 15) is 0 Å².